The number of hydrogen-bond acceptors (Lipinski definition) is 2. The lowest BCUT2D eigenvalue weighted by molar-refractivity contribution is -0.171. The number of esters is 1. The Balaban J connectivity index is 1.88. The summed E-state index contributed by atoms with van der Waals surface area (Å²) in [6, 6.07) is 0. The Morgan fingerprint density at radius 2 is 1.78 bits per heavy atom. The highest BCUT2D eigenvalue weighted by Crippen LogP contribution is 2.56. The van der Waals surface area contributed by atoms with E-state index >= 15 is 0 Å². The molecule has 0 unspecified atom stereocenters. The van der Waals surface area contributed by atoms with E-state index in [0.29, 0.717) is 5.41 Å². The summed E-state index contributed by atoms with van der Waals surface area (Å²) in [5.41, 5.74) is 0.440. The van der Waals surface area contributed by atoms with Gasteiger partial charge in [-0.15, -0.1) is 0 Å². The number of carbonyl (C=O) groups is 1. The van der Waals surface area contributed by atoms with Crippen LogP contribution in [-0.4, -0.2) is 11.6 Å². The molecule has 2 heteroatoms. The van der Waals surface area contributed by atoms with Gasteiger partial charge in [-0.25, -0.2) is 4.79 Å². The van der Waals surface area contributed by atoms with Crippen LogP contribution in [0.2, 0.25) is 0 Å². The molecule has 0 aromatic carbocycles. The van der Waals surface area contributed by atoms with E-state index in [1.807, 2.05) is 0 Å². The third-order valence-electron chi connectivity index (χ3n) is 5.13. The molecule has 102 valence electrons. The zero-order chi connectivity index (χ0) is 13.1. The van der Waals surface area contributed by atoms with Crippen LogP contribution in [0.15, 0.2) is 12.7 Å². The highest BCUT2D eigenvalue weighted by atomic mass is 16.6. The molecule has 3 rings (SSSR count). The van der Waals surface area contributed by atoms with E-state index in [2.05, 4.69) is 13.5 Å². The molecule has 0 N–H and O–H groups in total. The molecule has 2 bridgehead atoms. The van der Waals surface area contributed by atoms with E-state index in [1.165, 1.54) is 51.0 Å². The summed E-state index contributed by atoms with van der Waals surface area (Å²) >= 11 is 0. The molecule has 3 aliphatic rings. The molecule has 0 radical (unpaired) electrons. The van der Waals surface area contributed by atoms with Crippen LogP contribution < -0.4 is 0 Å². The van der Waals surface area contributed by atoms with E-state index in [4.69, 9.17) is 4.74 Å². The predicted molar refractivity (Wildman–Crippen MR) is 73.3 cm³/mol. The van der Waals surface area contributed by atoms with Crippen molar-refractivity contribution in [2.24, 2.45) is 5.41 Å². The first-order valence-corrected chi connectivity index (χ1v) is 7.49. The summed E-state index contributed by atoms with van der Waals surface area (Å²) in [4.78, 5) is 11.4. The second-order valence-corrected chi connectivity index (χ2v) is 6.27. The van der Waals surface area contributed by atoms with Crippen LogP contribution >= 0.6 is 0 Å². The van der Waals surface area contributed by atoms with E-state index < -0.39 is 0 Å². The number of unbranched alkanes of at least 4 members (excludes halogenated alkanes) is 2. The monoisotopic (exact) mass is 250 g/mol. The lowest BCUT2D eigenvalue weighted by atomic mass is 9.57. The topological polar surface area (TPSA) is 26.3 Å². The minimum atomic E-state index is -0.240. The molecule has 0 atom stereocenters. The Labute approximate surface area is 111 Å². The number of rotatable bonds is 6. The fraction of sp³-hybridized carbons (Fsp3) is 0.812. The molecule has 18 heavy (non-hydrogen) atoms. The quantitative estimate of drug-likeness (QED) is 0.397. The maximum absolute atomic E-state index is 11.4. The zero-order valence-electron chi connectivity index (χ0n) is 11.7. The zero-order valence-corrected chi connectivity index (χ0v) is 11.7. The van der Waals surface area contributed by atoms with Crippen molar-refractivity contribution in [1.82, 2.24) is 0 Å². The molecule has 0 aromatic heterocycles. The highest BCUT2D eigenvalue weighted by Gasteiger charge is 2.50. The average molecular weight is 250 g/mol. The third-order valence-corrected chi connectivity index (χ3v) is 5.13. The summed E-state index contributed by atoms with van der Waals surface area (Å²) in [5, 5.41) is 0. The third kappa shape index (κ3) is 2.78. The molecule has 3 fully saturated rings. The van der Waals surface area contributed by atoms with Crippen LogP contribution in [0.1, 0.15) is 71.1 Å². The highest BCUT2D eigenvalue weighted by molar-refractivity contribution is 5.81. The van der Waals surface area contributed by atoms with Crippen molar-refractivity contribution < 1.29 is 9.53 Å². The maximum Gasteiger partial charge on any atom is 0.330 e. The van der Waals surface area contributed by atoms with E-state index in [9.17, 15) is 4.79 Å². The van der Waals surface area contributed by atoms with Crippen molar-refractivity contribution in [2.45, 2.75) is 76.7 Å². The first-order chi connectivity index (χ1) is 8.64. The maximum atomic E-state index is 11.4. The van der Waals surface area contributed by atoms with Crippen molar-refractivity contribution in [3.8, 4) is 0 Å². The Bertz CT molecular complexity index is 295. The Morgan fingerprint density at radius 1 is 1.17 bits per heavy atom. The van der Waals surface area contributed by atoms with E-state index in [0.717, 1.165) is 19.3 Å². The van der Waals surface area contributed by atoms with Gasteiger partial charge < -0.3 is 4.74 Å². The molecule has 0 amide bonds. The normalized spacial score (nSPS) is 34.3. The first kappa shape index (κ1) is 13.6. The van der Waals surface area contributed by atoms with E-state index in [1.54, 1.807) is 0 Å². The lowest BCUT2D eigenvalue weighted by Crippen LogP contribution is -2.48. The van der Waals surface area contributed by atoms with Gasteiger partial charge in [0.1, 0.15) is 5.60 Å². The summed E-state index contributed by atoms with van der Waals surface area (Å²) in [6.45, 7) is 5.76. The Kier molecular flexibility index (Phi) is 4.14. The molecular weight excluding hydrogens is 224 g/mol. The van der Waals surface area contributed by atoms with Gasteiger partial charge in [0.05, 0.1) is 0 Å². The van der Waals surface area contributed by atoms with Crippen molar-refractivity contribution >= 4 is 5.97 Å². The molecule has 0 aliphatic heterocycles. The van der Waals surface area contributed by atoms with Crippen molar-refractivity contribution in [3.63, 3.8) is 0 Å². The summed E-state index contributed by atoms with van der Waals surface area (Å²) in [6.07, 6.45) is 13.7. The molecular formula is C16H26O2. The van der Waals surface area contributed by atoms with Gasteiger partial charge in [-0.3, -0.25) is 0 Å². The van der Waals surface area contributed by atoms with Crippen molar-refractivity contribution in [3.05, 3.63) is 12.7 Å². The van der Waals surface area contributed by atoms with Gasteiger partial charge >= 0.3 is 5.97 Å². The van der Waals surface area contributed by atoms with Gasteiger partial charge in [-0.05, 0) is 50.4 Å². The Morgan fingerprint density at radius 3 is 2.28 bits per heavy atom. The number of hydrogen-bond donors (Lipinski definition) is 0. The fourth-order valence-corrected chi connectivity index (χ4v) is 3.76. The molecule has 0 spiro atoms. The van der Waals surface area contributed by atoms with Gasteiger partial charge in [-0.1, -0.05) is 32.8 Å². The smallest absolute Gasteiger partial charge is 0.330 e. The van der Waals surface area contributed by atoms with Gasteiger partial charge in [0.25, 0.3) is 0 Å². The average Bonchev–Trinajstić information content (AvgIpc) is 2.41. The molecule has 0 aromatic rings. The first-order valence-electron chi connectivity index (χ1n) is 7.49. The second-order valence-electron chi connectivity index (χ2n) is 6.27. The van der Waals surface area contributed by atoms with Crippen LogP contribution in [0.3, 0.4) is 0 Å². The summed E-state index contributed by atoms with van der Waals surface area (Å²) < 4.78 is 5.63. The number of carbonyl (C=O) groups excluding carboxylic acids is 1. The minimum absolute atomic E-state index is 0.141. The molecule has 0 saturated heterocycles. The van der Waals surface area contributed by atoms with Gasteiger partial charge in [0.15, 0.2) is 0 Å². The SMILES string of the molecule is C=CC(=O)OC12CCC(CCCCC)(CC1)CC2. The van der Waals surface area contributed by atoms with Crippen LogP contribution in [0.25, 0.3) is 0 Å². The predicted octanol–water partition coefficient (Wildman–Crippen LogP) is 4.39. The van der Waals surface area contributed by atoms with Gasteiger partial charge in [0.2, 0.25) is 0 Å². The molecule has 3 saturated carbocycles. The minimum Gasteiger partial charge on any atom is -0.456 e. The molecule has 3 aliphatic carbocycles. The van der Waals surface area contributed by atoms with Crippen LogP contribution in [0.5, 0.6) is 0 Å². The number of ether oxygens (including phenoxy) is 1. The van der Waals surface area contributed by atoms with Crippen LogP contribution in [-0.2, 0) is 9.53 Å². The fourth-order valence-electron chi connectivity index (χ4n) is 3.76. The van der Waals surface area contributed by atoms with Crippen LogP contribution in [0.4, 0.5) is 0 Å². The van der Waals surface area contributed by atoms with Gasteiger partial charge in [-0.2, -0.15) is 0 Å². The Hall–Kier alpha value is -0.790. The molecule has 0 heterocycles. The largest absolute Gasteiger partial charge is 0.456 e. The molecule has 2 nitrogen and oxygen atoms in total. The second kappa shape index (κ2) is 5.46. The summed E-state index contributed by atoms with van der Waals surface area (Å²) in [5.74, 6) is -0.240. The van der Waals surface area contributed by atoms with Crippen molar-refractivity contribution in [1.29, 1.82) is 0 Å². The van der Waals surface area contributed by atoms with Crippen molar-refractivity contribution in [2.75, 3.05) is 0 Å². The summed E-state index contributed by atoms with van der Waals surface area (Å²) in [7, 11) is 0. The van der Waals surface area contributed by atoms with Gasteiger partial charge in [0, 0.05) is 6.08 Å². The van der Waals surface area contributed by atoms with Crippen LogP contribution in [0, 0.1) is 5.41 Å². The standard InChI is InChI=1S/C16H26O2/c1-3-5-6-7-15-8-11-16(12-9-15,13-10-15)18-14(17)4-2/h4H,2-3,5-13H2,1H3. The lowest BCUT2D eigenvalue weighted by Gasteiger charge is -2.52. The number of fused-ring (bicyclic) bond motifs is 3. The van der Waals surface area contributed by atoms with E-state index in [-0.39, 0.29) is 11.6 Å².